The third-order valence-electron chi connectivity index (χ3n) is 3.96. The molecule has 0 aliphatic heterocycles. The first kappa shape index (κ1) is 12.3. The van der Waals surface area contributed by atoms with Gasteiger partial charge in [-0.1, -0.05) is 19.9 Å². The van der Waals surface area contributed by atoms with Gasteiger partial charge in [-0.15, -0.1) is 0 Å². The molecule has 2 nitrogen and oxygen atoms in total. The van der Waals surface area contributed by atoms with Gasteiger partial charge in [0.15, 0.2) is 11.6 Å². The first-order chi connectivity index (χ1) is 7.83. The fourth-order valence-electron chi connectivity index (χ4n) is 2.25. The topological polar surface area (TPSA) is 35.2 Å². The Hall–Kier alpha value is -1.16. The molecule has 0 heterocycles. The number of halogens is 2. The fraction of sp³-hybridized carbons (Fsp3) is 0.538. The molecule has 17 heavy (non-hydrogen) atoms. The molecular formula is C13H17F2NO. The summed E-state index contributed by atoms with van der Waals surface area (Å²) in [6, 6.07) is 2.69. The van der Waals surface area contributed by atoms with Gasteiger partial charge in [0.2, 0.25) is 5.82 Å². The minimum absolute atomic E-state index is 0.0354. The number of hydrogen-bond donors (Lipinski definition) is 1. The van der Waals surface area contributed by atoms with Gasteiger partial charge in [0.05, 0.1) is 7.11 Å². The van der Waals surface area contributed by atoms with Gasteiger partial charge in [0.25, 0.3) is 0 Å². The van der Waals surface area contributed by atoms with Gasteiger partial charge in [-0.3, -0.25) is 0 Å². The lowest BCUT2D eigenvalue weighted by atomic mass is 9.75. The second-order valence-electron chi connectivity index (χ2n) is 5.22. The van der Waals surface area contributed by atoms with Crippen LogP contribution in [0, 0.1) is 11.6 Å². The Morgan fingerprint density at radius 2 is 1.88 bits per heavy atom. The highest BCUT2D eigenvalue weighted by atomic mass is 19.2. The molecule has 94 valence electrons. The number of rotatable bonds is 3. The summed E-state index contributed by atoms with van der Waals surface area (Å²) < 4.78 is 31.8. The SMILES string of the molecule is COc1c(C(C)(C)C2(N)CC2)ccc(F)c1F. The standard InChI is InChI=1S/C13H17F2NO/c1-12(2,13(16)6-7-13)8-4-5-9(14)10(15)11(8)17-3/h4-5H,6-7,16H2,1-3H3. The molecule has 0 atom stereocenters. The number of ether oxygens (including phenoxy) is 1. The van der Waals surface area contributed by atoms with Crippen LogP contribution in [0.25, 0.3) is 0 Å². The van der Waals surface area contributed by atoms with E-state index in [9.17, 15) is 8.78 Å². The van der Waals surface area contributed by atoms with Crippen LogP contribution in [-0.2, 0) is 5.41 Å². The molecular weight excluding hydrogens is 224 g/mol. The van der Waals surface area contributed by atoms with Crippen molar-refractivity contribution in [3.05, 3.63) is 29.3 Å². The minimum Gasteiger partial charge on any atom is -0.493 e. The van der Waals surface area contributed by atoms with E-state index in [4.69, 9.17) is 10.5 Å². The van der Waals surface area contributed by atoms with Crippen LogP contribution in [0.15, 0.2) is 12.1 Å². The smallest absolute Gasteiger partial charge is 0.200 e. The third kappa shape index (κ3) is 1.71. The van der Waals surface area contributed by atoms with E-state index in [-0.39, 0.29) is 11.3 Å². The van der Waals surface area contributed by atoms with Crippen molar-refractivity contribution in [2.24, 2.45) is 5.73 Å². The second kappa shape index (κ2) is 3.67. The van der Waals surface area contributed by atoms with Crippen LogP contribution >= 0.6 is 0 Å². The van der Waals surface area contributed by atoms with Crippen LogP contribution in [0.4, 0.5) is 8.78 Å². The number of methoxy groups -OCH3 is 1. The first-order valence-corrected chi connectivity index (χ1v) is 5.65. The molecule has 0 saturated heterocycles. The Bertz CT molecular complexity index is 453. The molecule has 0 bridgehead atoms. The molecule has 1 saturated carbocycles. The molecule has 1 fully saturated rings. The molecule has 1 aromatic carbocycles. The molecule has 0 amide bonds. The van der Waals surface area contributed by atoms with Gasteiger partial charge < -0.3 is 10.5 Å². The van der Waals surface area contributed by atoms with Crippen LogP contribution in [-0.4, -0.2) is 12.6 Å². The van der Waals surface area contributed by atoms with Crippen LogP contribution in [0.5, 0.6) is 5.75 Å². The lowest BCUT2D eigenvalue weighted by Crippen LogP contribution is -2.43. The first-order valence-electron chi connectivity index (χ1n) is 5.65. The van der Waals surface area contributed by atoms with Gasteiger partial charge >= 0.3 is 0 Å². The predicted molar refractivity (Wildman–Crippen MR) is 62.1 cm³/mol. The largest absolute Gasteiger partial charge is 0.493 e. The highest BCUT2D eigenvalue weighted by molar-refractivity contribution is 5.44. The summed E-state index contributed by atoms with van der Waals surface area (Å²) in [5.74, 6) is -1.88. The van der Waals surface area contributed by atoms with E-state index in [1.165, 1.54) is 7.11 Å². The molecule has 2 rings (SSSR count). The van der Waals surface area contributed by atoms with Crippen molar-refractivity contribution in [1.82, 2.24) is 0 Å². The van der Waals surface area contributed by atoms with Gasteiger partial charge in [-0.25, -0.2) is 4.39 Å². The highest BCUT2D eigenvalue weighted by Gasteiger charge is 2.53. The van der Waals surface area contributed by atoms with Gasteiger partial charge in [-0.2, -0.15) is 4.39 Å². The Labute approximate surface area is 99.8 Å². The number of nitrogens with two attached hydrogens (primary N) is 1. The lowest BCUT2D eigenvalue weighted by Gasteiger charge is -2.33. The van der Waals surface area contributed by atoms with E-state index in [1.807, 2.05) is 13.8 Å². The normalized spacial score (nSPS) is 18.0. The fourth-order valence-corrected chi connectivity index (χ4v) is 2.25. The molecule has 0 radical (unpaired) electrons. The maximum atomic E-state index is 13.7. The van der Waals surface area contributed by atoms with E-state index in [0.717, 1.165) is 18.9 Å². The molecule has 1 aromatic rings. The number of hydrogen-bond acceptors (Lipinski definition) is 2. The van der Waals surface area contributed by atoms with Crippen molar-refractivity contribution < 1.29 is 13.5 Å². The molecule has 0 unspecified atom stereocenters. The van der Waals surface area contributed by atoms with E-state index < -0.39 is 17.0 Å². The van der Waals surface area contributed by atoms with Gasteiger partial charge in [0.1, 0.15) is 0 Å². The Kier molecular flexibility index (Phi) is 2.65. The van der Waals surface area contributed by atoms with Crippen molar-refractivity contribution in [1.29, 1.82) is 0 Å². The van der Waals surface area contributed by atoms with Crippen LogP contribution < -0.4 is 10.5 Å². The zero-order valence-electron chi connectivity index (χ0n) is 10.3. The van der Waals surface area contributed by atoms with Crippen LogP contribution in [0.1, 0.15) is 32.3 Å². The van der Waals surface area contributed by atoms with Crippen molar-refractivity contribution in [3.8, 4) is 5.75 Å². The van der Waals surface area contributed by atoms with Crippen molar-refractivity contribution in [2.75, 3.05) is 7.11 Å². The summed E-state index contributed by atoms with van der Waals surface area (Å²) in [6.07, 6.45) is 1.78. The monoisotopic (exact) mass is 241 g/mol. The quantitative estimate of drug-likeness (QED) is 0.883. The molecule has 0 spiro atoms. The predicted octanol–water partition coefficient (Wildman–Crippen LogP) is 2.74. The average Bonchev–Trinajstić information content (AvgIpc) is 3.01. The van der Waals surface area contributed by atoms with Crippen molar-refractivity contribution >= 4 is 0 Å². The second-order valence-corrected chi connectivity index (χ2v) is 5.22. The maximum absolute atomic E-state index is 13.7. The Morgan fingerprint density at radius 3 is 2.35 bits per heavy atom. The minimum atomic E-state index is -0.942. The molecule has 1 aliphatic carbocycles. The molecule has 2 N–H and O–H groups in total. The van der Waals surface area contributed by atoms with Crippen LogP contribution in [0.2, 0.25) is 0 Å². The summed E-state index contributed by atoms with van der Waals surface area (Å²) in [5.41, 5.74) is 6.04. The molecule has 1 aliphatic rings. The van der Waals surface area contributed by atoms with E-state index in [1.54, 1.807) is 6.07 Å². The Morgan fingerprint density at radius 1 is 1.29 bits per heavy atom. The van der Waals surface area contributed by atoms with E-state index in [0.29, 0.717) is 5.56 Å². The summed E-state index contributed by atoms with van der Waals surface area (Å²) in [5, 5.41) is 0. The zero-order chi connectivity index (χ0) is 12.8. The summed E-state index contributed by atoms with van der Waals surface area (Å²) in [7, 11) is 1.34. The summed E-state index contributed by atoms with van der Waals surface area (Å²) in [4.78, 5) is 0. The molecule has 4 heteroatoms. The van der Waals surface area contributed by atoms with Crippen molar-refractivity contribution in [3.63, 3.8) is 0 Å². The Balaban J connectivity index is 2.56. The number of benzene rings is 1. The maximum Gasteiger partial charge on any atom is 0.200 e. The molecule has 0 aromatic heterocycles. The van der Waals surface area contributed by atoms with E-state index >= 15 is 0 Å². The van der Waals surface area contributed by atoms with Crippen molar-refractivity contribution in [2.45, 2.75) is 37.6 Å². The van der Waals surface area contributed by atoms with Gasteiger partial charge in [0, 0.05) is 16.5 Å². The summed E-state index contributed by atoms with van der Waals surface area (Å²) in [6.45, 7) is 3.88. The zero-order valence-corrected chi connectivity index (χ0v) is 10.3. The average molecular weight is 241 g/mol. The van der Waals surface area contributed by atoms with Gasteiger partial charge in [-0.05, 0) is 18.9 Å². The summed E-state index contributed by atoms with van der Waals surface area (Å²) >= 11 is 0. The van der Waals surface area contributed by atoms with E-state index in [2.05, 4.69) is 0 Å². The highest BCUT2D eigenvalue weighted by Crippen LogP contribution is 2.51. The van der Waals surface area contributed by atoms with Crippen LogP contribution in [0.3, 0.4) is 0 Å². The lowest BCUT2D eigenvalue weighted by molar-refractivity contribution is 0.330. The third-order valence-corrected chi connectivity index (χ3v) is 3.96.